The van der Waals surface area contributed by atoms with Crippen LogP contribution in [0, 0.1) is 0 Å². The molecule has 1 saturated heterocycles. The van der Waals surface area contributed by atoms with Gasteiger partial charge < -0.3 is 14.2 Å². The fourth-order valence-electron chi connectivity index (χ4n) is 3.73. The van der Waals surface area contributed by atoms with E-state index in [-0.39, 0.29) is 5.91 Å². The van der Waals surface area contributed by atoms with Crippen molar-refractivity contribution in [2.45, 2.75) is 0 Å². The number of nitrogens with zero attached hydrogens (tertiary/aromatic N) is 3. The zero-order valence-electron chi connectivity index (χ0n) is 17.3. The number of amidine groups is 1. The van der Waals surface area contributed by atoms with Gasteiger partial charge >= 0.3 is 0 Å². The lowest BCUT2D eigenvalue weighted by Crippen LogP contribution is -2.47. The van der Waals surface area contributed by atoms with Gasteiger partial charge in [0.05, 0.1) is 15.0 Å². The lowest BCUT2D eigenvalue weighted by molar-refractivity contribution is -0.113. The standard InChI is InChI=1S/C24H18Cl3N3O2S/c25-16-2-1-3-17(13-16)29-8-10-30(11-9-29)24-28-23(31)22(33-24)14-18-5-7-21(32-18)15-4-6-19(26)20(27)12-15/h1-7,12-14H,8-11H2/b22-14+. The smallest absolute Gasteiger partial charge is 0.286 e. The number of thioether (sulfide) groups is 1. The third-order valence-electron chi connectivity index (χ3n) is 5.44. The minimum absolute atomic E-state index is 0.250. The molecule has 0 unspecified atom stereocenters. The Kier molecular flexibility index (Phi) is 6.43. The first-order chi connectivity index (χ1) is 16.0. The van der Waals surface area contributed by atoms with Gasteiger partial charge in [0.15, 0.2) is 5.17 Å². The van der Waals surface area contributed by atoms with E-state index in [0.29, 0.717) is 26.5 Å². The molecule has 3 heterocycles. The fourth-order valence-corrected chi connectivity index (χ4v) is 5.15. The summed E-state index contributed by atoms with van der Waals surface area (Å²) in [5.41, 5.74) is 1.92. The van der Waals surface area contributed by atoms with Crippen LogP contribution < -0.4 is 4.90 Å². The van der Waals surface area contributed by atoms with E-state index >= 15 is 0 Å². The second-order valence-electron chi connectivity index (χ2n) is 7.60. The first-order valence-electron chi connectivity index (χ1n) is 10.3. The van der Waals surface area contributed by atoms with E-state index in [0.717, 1.165) is 47.6 Å². The highest BCUT2D eigenvalue weighted by Gasteiger charge is 2.29. The highest BCUT2D eigenvalue weighted by Crippen LogP contribution is 2.34. The molecule has 1 aromatic heterocycles. The first kappa shape index (κ1) is 22.4. The van der Waals surface area contributed by atoms with Crippen LogP contribution in [0.5, 0.6) is 0 Å². The van der Waals surface area contributed by atoms with Crippen LogP contribution in [0.4, 0.5) is 5.69 Å². The van der Waals surface area contributed by atoms with Gasteiger partial charge in [0, 0.05) is 48.5 Å². The highest BCUT2D eigenvalue weighted by atomic mass is 35.5. The van der Waals surface area contributed by atoms with Crippen LogP contribution in [-0.4, -0.2) is 42.2 Å². The van der Waals surface area contributed by atoms with Crippen molar-refractivity contribution in [3.8, 4) is 11.3 Å². The number of hydrogen-bond acceptors (Lipinski definition) is 5. The van der Waals surface area contributed by atoms with Crippen molar-refractivity contribution >= 4 is 69.4 Å². The summed E-state index contributed by atoms with van der Waals surface area (Å²) in [6.45, 7) is 3.22. The zero-order valence-corrected chi connectivity index (χ0v) is 20.4. The van der Waals surface area contributed by atoms with Gasteiger partial charge in [-0.25, -0.2) is 0 Å². The van der Waals surface area contributed by atoms with E-state index < -0.39 is 0 Å². The summed E-state index contributed by atoms with van der Waals surface area (Å²) in [4.78, 5) is 21.8. The Hall–Kier alpha value is -2.38. The third-order valence-corrected chi connectivity index (χ3v) is 7.46. The van der Waals surface area contributed by atoms with Crippen LogP contribution in [0.25, 0.3) is 17.4 Å². The van der Waals surface area contributed by atoms with Gasteiger partial charge in [-0.1, -0.05) is 40.9 Å². The van der Waals surface area contributed by atoms with Crippen molar-refractivity contribution < 1.29 is 9.21 Å². The molecule has 9 heteroatoms. The number of carbonyl (C=O) groups excluding carboxylic acids is 1. The molecule has 1 fully saturated rings. The van der Waals surface area contributed by atoms with E-state index in [9.17, 15) is 4.79 Å². The van der Waals surface area contributed by atoms with E-state index in [1.165, 1.54) is 11.8 Å². The monoisotopic (exact) mass is 517 g/mol. The van der Waals surface area contributed by atoms with Crippen molar-refractivity contribution in [3.05, 3.63) is 80.3 Å². The molecule has 0 N–H and O–H groups in total. The molecule has 0 aliphatic carbocycles. The zero-order chi connectivity index (χ0) is 22.9. The molecule has 2 aliphatic heterocycles. The van der Waals surface area contributed by atoms with Gasteiger partial charge in [-0.3, -0.25) is 4.79 Å². The molecule has 2 aromatic carbocycles. The molecular formula is C24H18Cl3N3O2S. The molecule has 5 rings (SSSR count). The van der Waals surface area contributed by atoms with Crippen LogP contribution in [0.2, 0.25) is 15.1 Å². The summed E-state index contributed by atoms with van der Waals surface area (Å²) in [5, 5.41) is 2.40. The molecule has 5 nitrogen and oxygen atoms in total. The van der Waals surface area contributed by atoms with Crippen molar-refractivity contribution in [3.63, 3.8) is 0 Å². The maximum Gasteiger partial charge on any atom is 0.286 e. The van der Waals surface area contributed by atoms with Crippen molar-refractivity contribution in [1.29, 1.82) is 0 Å². The van der Waals surface area contributed by atoms with E-state index in [1.807, 2.05) is 36.4 Å². The first-order valence-corrected chi connectivity index (χ1v) is 12.2. The SMILES string of the molecule is O=C1N=C(N2CCN(c3cccc(Cl)c3)CC2)S/C1=C/c1ccc(-c2ccc(Cl)c(Cl)c2)o1. The maximum atomic E-state index is 12.5. The molecule has 1 amide bonds. The number of halogens is 3. The Morgan fingerprint density at radius 2 is 1.70 bits per heavy atom. The van der Waals surface area contributed by atoms with E-state index in [1.54, 1.807) is 18.2 Å². The second-order valence-corrected chi connectivity index (χ2v) is 9.85. The lowest BCUT2D eigenvalue weighted by atomic mass is 10.2. The number of furan rings is 1. The van der Waals surface area contributed by atoms with Gasteiger partial charge in [-0.2, -0.15) is 4.99 Å². The number of piperazine rings is 1. The van der Waals surface area contributed by atoms with Crippen LogP contribution in [0.15, 0.2) is 68.9 Å². The van der Waals surface area contributed by atoms with Crippen LogP contribution in [0.1, 0.15) is 5.76 Å². The van der Waals surface area contributed by atoms with E-state index in [2.05, 4.69) is 20.9 Å². The Morgan fingerprint density at radius 1 is 0.909 bits per heavy atom. The summed E-state index contributed by atoms with van der Waals surface area (Å²) >= 11 is 19.6. The lowest BCUT2D eigenvalue weighted by Gasteiger charge is -2.36. The predicted octanol–water partition coefficient (Wildman–Crippen LogP) is 6.70. The quantitative estimate of drug-likeness (QED) is 0.361. The molecule has 0 bridgehead atoms. The molecule has 168 valence electrons. The van der Waals surface area contributed by atoms with E-state index in [4.69, 9.17) is 39.2 Å². The highest BCUT2D eigenvalue weighted by molar-refractivity contribution is 8.18. The van der Waals surface area contributed by atoms with Gasteiger partial charge in [-0.15, -0.1) is 0 Å². The fraction of sp³-hybridized carbons (Fsp3) is 0.167. The van der Waals surface area contributed by atoms with Gasteiger partial charge in [0.2, 0.25) is 0 Å². The number of aliphatic imine (C=N–C) groups is 1. The molecule has 0 atom stereocenters. The number of rotatable bonds is 3. The Bertz CT molecular complexity index is 1280. The van der Waals surface area contributed by atoms with Gasteiger partial charge in [0.1, 0.15) is 11.5 Å². The molecule has 0 saturated carbocycles. The summed E-state index contributed by atoms with van der Waals surface area (Å²) in [6.07, 6.45) is 1.73. The topological polar surface area (TPSA) is 49.1 Å². The van der Waals surface area contributed by atoms with Crippen molar-refractivity contribution in [2.24, 2.45) is 4.99 Å². The molecule has 0 spiro atoms. The summed E-state index contributed by atoms with van der Waals surface area (Å²) in [7, 11) is 0. The van der Waals surface area contributed by atoms with Crippen molar-refractivity contribution in [2.75, 3.05) is 31.1 Å². The summed E-state index contributed by atoms with van der Waals surface area (Å²) in [6, 6.07) is 16.8. The minimum atomic E-state index is -0.250. The number of carbonyl (C=O) groups is 1. The number of anilines is 1. The van der Waals surface area contributed by atoms with Gasteiger partial charge in [-0.05, 0) is 60.3 Å². The van der Waals surface area contributed by atoms with Crippen molar-refractivity contribution in [1.82, 2.24) is 4.90 Å². The molecule has 33 heavy (non-hydrogen) atoms. The molecular weight excluding hydrogens is 501 g/mol. The summed E-state index contributed by atoms with van der Waals surface area (Å²) in [5.74, 6) is 0.975. The number of benzene rings is 2. The molecule has 0 radical (unpaired) electrons. The van der Waals surface area contributed by atoms with Crippen LogP contribution >= 0.6 is 46.6 Å². The predicted molar refractivity (Wildman–Crippen MR) is 137 cm³/mol. The van der Waals surface area contributed by atoms with Crippen LogP contribution in [-0.2, 0) is 4.79 Å². The Balaban J connectivity index is 1.24. The number of amides is 1. The minimum Gasteiger partial charge on any atom is -0.457 e. The third kappa shape index (κ3) is 4.94. The largest absolute Gasteiger partial charge is 0.457 e. The number of hydrogen-bond donors (Lipinski definition) is 0. The van der Waals surface area contributed by atoms with Gasteiger partial charge in [0.25, 0.3) is 5.91 Å². The van der Waals surface area contributed by atoms with Crippen LogP contribution in [0.3, 0.4) is 0 Å². The second kappa shape index (κ2) is 9.47. The Morgan fingerprint density at radius 3 is 2.45 bits per heavy atom. The normalized spacial score (nSPS) is 17.7. The summed E-state index contributed by atoms with van der Waals surface area (Å²) < 4.78 is 5.90. The molecule has 3 aromatic rings. The Labute approximate surface area is 210 Å². The average Bonchev–Trinajstić information content (AvgIpc) is 3.43. The molecule has 2 aliphatic rings. The average molecular weight is 519 g/mol. The maximum absolute atomic E-state index is 12.5.